The molecule has 2 aromatic rings. The van der Waals surface area contributed by atoms with Crippen LogP contribution in [0.3, 0.4) is 0 Å². The van der Waals surface area contributed by atoms with Crippen molar-refractivity contribution in [2.45, 2.75) is 11.7 Å². The largest absolute Gasteiger partial charge is 0.383 e. The average Bonchev–Trinajstić information content (AvgIpc) is 2.83. The Kier molecular flexibility index (Phi) is 4.97. The molecule has 21 heavy (non-hydrogen) atoms. The molecule has 0 saturated carbocycles. The van der Waals surface area contributed by atoms with Gasteiger partial charge in [0.2, 0.25) is 0 Å². The molecule has 0 aliphatic rings. The van der Waals surface area contributed by atoms with Crippen LogP contribution in [0.4, 0.5) is 4.39 Å². The Labute approximate surface area is 133 Å². The van der Waals surface area contributed by atoms with Crippen LogP contribution in [0.25, 0.3) is 11.4 Å². The highest BCUT2D eigenvalue weighted by atomic mass is 79.9. The van der Waals surface area contributed by atoms with Crippen LogP contribution in [-0.2, 0) is 20.3 Å². The van der Waals surface area contributed by atoms with Crippen molar-refractivity contribution in [3.63, 3.8) is 0 Å². The molecule has 2 rings (SSSR count). The van der Waals surface area contributed by atoms with Crippen LogP contribution in [0.15, 0.2) is 27.8 Å². The van der Waals surface area contributed by atoms with Crippen LogP contribution in [0.5, 0.6) is 0 Å². The van der Waals surface area contributed by atoms with Gasteiger partial charge in [-0.2, -0.15) is 0 Å². The summed E-state index contributed by atoms with van der Waals surface area (Å²) in [6, 6.07) is 4.60. The summed E-state index contributed by atoms with van der Waals surface area (Å²) in [4.78, 5) is 0. The molecule has 0 radical (unpaired) electrons. The first-order chi connectivity index (χ1) is 9.86. The second-order valence-corrected chi connectivity index (χ2v) is 7.30. The lowest BCUT2D eigenvalue weighted by atomic mass is 10.2. The maximum absolute atomic E-state index is 14.2. The Bertz CT molecular complexity index is 766. The molecule has 0 fully saturated rings. The highest BCUT2D eigenvalue weighted by Gasteiger charge is 2.25. The minimum atomic E-state index is -4.10. The van der Waals surface area contributed by atoms with E-state index < -0.39 is 20.0 Å². The summed E-state index contributed by atoms with van der Waals surface area (Å²) in [6.45, 7) is 0.312. The minimum absolute atomic E-state index is 0.0603. The van der Waals surface area contributed by atoms with E-state index >= 15 is 0 Å². The summed E-state index contributed by atoms with van der Waals surface area (Å²) in [5.41, 5.74) is 0.111. The summed E-state index contributed by atoms with van der Waals surface area (Å²) < 4.78 is 43.5. The van der Waals surface area contributed by atoms with Crippen molar-refractivity contribution in [3.8, 4) is 11.4 Å². The third kappa shape index (κ3) is 3.42. The topological polar surface area (TPSA) is 74.1 Å². The molecule has 114 valence electrons. The molecule has 1 aromatic heterocycles. The fraction of sp³-hybridized carbons (Fsp3) is 0.273. The Morgan fingerprint density at radius 2 is 2.14 bits per heavy atom. The van der Waals surface area contributed by atoms with Crippen molar-refractivity contribution in [2.75, 3.05) is 13.7 Å². The molecule has 0 bridgehead atoms. The first-order valence-electron chi connectivity index (χ1n) is 5.67. The number of methoxy groups -OCH3 is 1. The van der Waals surface area contributed by atoms with Gasteiger partial charge in [0.1, 0.15) is 5.82 Å². The maximum atomic E-state index is 14.2. The SMILES string of the molecule is COCCn1c(-c2cccc(Br)c2F)nnc1S(=O)(=O)Cl. The van der Waals surface area contributed by atoms with Crippen LogP contribution < -0.4 is 0 Å². The monoisotopic (exact) mass is 397 g/mol. The molecular formula is C11H10BrClFN3O3S. The molecule has 0 spiro atoms. The third-order valence-corrected chi connectivity index (χ3v) is 4.41. The number of halogens is 3. The number of benzene rings is 1. The van der Waals surface area contributed by atoms with Gasteiger partial charge in [-0.05, 0) is 28.1 Å². The minimum Gasteiger partial charge on any atom is -0.383 e. The Hall–Kier alpha value is -1.03. The van der Waals surface area contributed by atoms with Crippen molar-refractivity contribution < 1.29 is 17.5 Å². The van der Waals surface area contributed by atoms with E-state index in [0.29, 0.717) is 0 Å². The number of ether oxygens (including phenoxy) is 1. The summed E-state index contributed by atoms with van der Waals surface area (Å²) in [7, 11) is 2.67. The standard InChI is InChI=1S/C11H10BrClFN3O3S/c1-20-6-5-17-10(15-16-11(17)21(13,18)19)7-3-2-4-8(12)9(7)14/h2-4H,5-6H2,1H3. The lowest BCUT2D eigenvalue weighted by Gasteiger charge is -2.09. The van der Waals surface area contributed by atoms with Crippen LogP contribution >= 0.6 is 26.6 Å². The van der Waals surface area contributed by atoms with Crippen molar-refractivity contribution in [2.24, 2.45) is 0 Å². The first kappa shape index (κ1) is 16.3. The molecular weight excluding hydrogens is 389 g/mol. The van der Waals surface area contributed by atoms with Crippen molar-refractivity contribution >= 4 is 35.7 Å². The van der Waals surface area contributed by atoms with E-state index in [1.165, 1.54) is 23.8 Å². The Balaban J connectivity index is 2.64. The molecule has 10 heteroatoms. The molecule has 0 N–H and O–H groups in total. The van der Waals surface area contributed by atoms with E-state index in [1.807, 2.05) is 0 Å². The van der Waals surface area contributed by atoms with Gasteiger partial charge in [-0.15, -0.1) is 10.2 Å². The summed E-state index contributed by atoms with van der Waals surface area (Å²) in [5.74, 6) is -0.507. The fourth-order valence-electron chi connectivity index (χ4n) is 1.73. The third-order valence-electron chi connectivity index (χ3n) is 2.65. The van der Waals surface area contributed by atoms with Crippen LogP contribution in [-0.4, -0.2) is 36.9 Å². The highest BCUT2D eigenvalue weighted by molar-refractivity contribution is 9.10. The van der Waals surface area contributed by atoms with Gasteiger partial charge < -0.3 is 4.74 Å². The van der Waals surface area contributed by atoms with Crippen LogP contribution in [0, 0.1) is 5.82 Å². The molecule has 6 nitrogen and oxygen atoms in total. The molecule has 0 unspecified atom stereocenters. The predicted molar refractivity (Wildman–Crippen MR) is 78.0 cm³/mol. The Morgan fingerprint density at radius 3 is 2.76 bits per heavy atom. The molecule has 1 heterocycles. The molecule has 0 atom stereocenters. The van der Waals surface area contributed by atoms with Gasteiger partial charge in [-0.25, -0.2) is 12.8 Å². The number of hydrogen-bond acceptors (Lipinski definition) is 5. The number of rotatable bonds is 5. The van der Waals surface area contributed by atoms with Crippen molar-refractivity contribution in [1.29, 1.82) is 0 Å². The van der Waals surface area contributed by atoms with E-state index in [0.717, 1.165) is 0 Å². The zero-order chi connectivity index (χ0) is 15.6. The van der Waals surface area contributed by atoms with Crippen LogP contribution in [0.1, 0.15) is 0 Å². The molecule has 1 aromatic carbocycles. The number of aromatic nitrogens is 3. The molecule has 0 amide bonds. The lowest BCUT2D eigenvalue weighted by molar-refractivity contribution is 0.185. The molecule has 0 saturated heterocycles. The van der Waals surface area contributed by atoms with E-state index in [-0.39, 0.29) is 29.0 Å². The zero-order valence-corrected chi connectivity index (χ0v) is 13.9. The van der Waals surface area contributed by atoms with Gasteiger partial charge in [0.15, 0.2) is 5.82 Å². The van der Waals surface area contributed by atoms with E-state index in [2.05, 4.69) is 26.1 Å². The Morgan fingerprint density at radius 1 is 1.43 bits per heavy atom. The fourth-order valence-corrected chi connectivity index (χ4v) is 3.02. The van der Waals surface area contributed by atoms with Gasteiger partial charge in [-0.3, -0.25) is 4.57 Å². The normalized spacial score (nSPS) is 11.8. The molecule has 0 aliphatic carbocycles. The van der Waals surface area contributed by atoms with E-state index in [1.54, 1.807) is 6.07 Å². The van der Waals surface area contributed by atoms with Crippen molar-refractivity contribution in [3.05, 3.63) is 28.5 Å². The van der Waals surface area contributed by atoms with Gasteiger partial charge in [0.25, 0.3) is 14.2 Å². The second-order valence-electron chi connectivity index (χ2n) is 3.99. The van der Waals surface area contributed by atoms with Gasteiger partial charge >= 0.3 is 0 Å². The average molecular weight is 399 g/mol. The number of hydrogen-bond donors (Lipinski definition) is 0. The van der Waals surface area contributed by atoms with Crippen molar-refractivity contribution in [1.82, 2.24) is 14.8 Å². The van der Waals surface area contributed by atoms with Gasteiger partial charge in [0, 0.05) is 17.8 Å². The van der Waals surface area contributed by atoms with Gasteiger partial charge in [0.05, 0.1) is 23.2 Å². The summed E-state index contributed by atoms with van der Waals surface area (Å²) >= 11 is 3.07. The lowest BCUT2D eigenvalue weighted by Crippen LogP contribution is -2.12. The first-order valence-corrected chi connectivity index (χ1v) is 8.77. The quantitative estimate of drug-likeness (QED) is 0.723. The smallest absolute Gasteiger partial charge is 0.296 e. The van der Waals surface area contributed by atoms with Crippen LogP contribution in [0.2, 0.25) is 0 Å². The maximum Gasteiger partial charge on any atom is 0.296 e. The van der Waals surface area contributed by atoms with Gasteiger partial charge in [-0.1, -0.05) is 6.07 Å². The van der Waals surface area contributed by atoms with E-state index in [4.69, 9.17) is 15.4 Å². The summed E-state index contributed by atoms with van der Waals surface area (Å²) in [6.07, 6.45) is 0. The predicted octanol–water partition coefficient (Wildman–Crippen LogP) is 2.42. The zero-order valence-electron chi connectivity index (χ0n) is 10.8. The summed E-state index contributed by atoms with van der Waals surface area (Å²) in [5, 5.41) is 6.84. The van der Waals surface area contributed by atoms with E-state index in [9.17, 15) is 12.8 Å². The second kappa shape index (κ2) is 6.39. The highest BCUT2D eigenvalue weighted by Crippen LogP contribution is 2.28. The number of nitrogens with zero attached hydrogens (tertiary/aromatic N) is 3. The molecule has 0 aliphatic heterocycles.